The first-order valence-corrected chi connectivity index (χ1v) is 8.79. The zero-order chi connectivity index (χ0) is 19.4. The van der Waals surface area contributed by atoms with Crippen molar-refractivity contribution < 1.29 is 19.1 Å². The number of anilines is 2. The largest absolute Gasteiger partial charge is 0.462 e. The number of nitrogens with zero attached hydrogens (tertiary/aromatic N) is 2. The minimum Gasteiger partial charge on any atom is -0.462 e. The van der Waals surface area contributed by atoms with Gasteiger partial charge in [0, 0.05) is 24.8 Å². The highest BCUT2D eigenvalue weighted by Crippen LogP contribution is 2.26. The van der Waals surface area contributed by atoms with Crippen LogP contribution in [0.5, 0.6) is 0 Å². The van der Waals surface area contributed by atoms with Crippen LogP contribution in [0, 0.1) is 12.8 Å². The number of carbonyl (C=O) groups excluding carboxylic acids is 3. The fourth-order valence-electron chi connectivity index (χ4n) is 2.93. The number of hydrogen-bond donors (Lipinski definition) is 1. The highest BCUT2D eigenvalue weighted by Gasteiger charge is 2.35. The van der Waals surface area contributed by atoms with Crippen molar-refractivity contribution in [3.8, 4) is 0 Å². The summed E-state index contributed by atoms with van der Waals surface area (Å²) in [6, 6.07) is 10.6. The first-order chi connectivity index (χ1) is 13.0. The normalized spacial score (nSPS) is 16.3. The lowest BCUT2D eigenvalue weighted by Crippen LogP contribution is -2.28. The topological polar surface area (TPSA) is 88.6 Å². The van der Waals surface area contributed by atoms with Gasteiger partial charge in [0.2, 0.25) is 11.8 Å². The molecule has 1 aromatic heterocycles. The Morgan fingerprint density at radius 3 is 2.70 bits per heavy atom. The molecule has 1 N–H and O–H groups in total. The smallest absolute Gasteiger partial charge is 0.338 e. The molecule has 7 nitrogen and oxygen atoms in total. The van der Waals surface area contributed by atoms with Crippen molar-refractivity contribution in [3.05, 3.63) is 53.7 Å². The lowest BCUT2D eigenvalue weighted by molar-refractivity contribution is -0.122. The van der Waals surface area contributed by atoms with Crippen molar-refractivity contribution in [1.29, 1.82) is 0 Å². The Balaban J connectivity index is 1.67. The third-order valence-corrected chi connectivity index (χ3v) is 4.36. The van der Waals surface area contributed by atoms with Gasteiger partial charge in [-0.1, -0.05) is 17.7 Å². The number of nitrogens with one attached hydrogen (secondary N) is 1. The van der Waals surface area contributed by atoms with Crippen molar-refractivity contribution in [2.45, 2.75) is 20.3 Å². The van der Waals surface area contributed by atoms with E-state index >= 15 is 0 Å². The van der Waals surface area contributed by atoms with E-state index in [0.717, 1.165) is 11.3 Å². The molecule has 1 aliphatic rings. The van der Waals surface area contributed by atoms with Crippen molar-refractivity contribution >= 4 is 29.3 Å². The Morgan fingerprint density at radius 2 is 2.00 bits per heavy atom. The monoisotopic (exact) mass is 367 g/mol. The minimum atomic E-state index is -0.480. The van der Waals surface area contributed by atoms with Gasteiger partial charge >= 0.3 is 5.97 Å². The van der Waals surface area contributed by atoms with Crippen LogP contribution in [0.3, 0.4) is 0 Å². The summed E-state index contributed by atoms with van der Waals surface area (Å²) < 4.78 is 4.94. The Kier molecular flexibility index (Phi) is 5.49. The molecule has 0 spiro atoms. The van der Waals surface area contributed by atoms with Crippen LogP contribution < -0.4 is 10.2 Å². The van der Waals surface area contributed by atoms with Gasteiger partial charge in [0.1, 0.15) is 5.82 Å². The number of benzene rings is 1. The van der Waals surface area contributed by atoms with Gasteiger partial charge in [-0.3, -0.25) is 9.59 Å². The SMILES string of the molecule is CCOC(=O)c1ccnc(NC(=O)C2CC(=O)N(c3ccc(C)cc3)C2)c1. The van der Waals surface area contributed by atoms with E-state index in [9.17, 15) is 14.4 Å². The number of pyridine rings is 1. The summed E-state index contributed by atoms with van der Waals surface area (Å²) in [5.41, 5.74) is 2.20. The molecule has 0 saturated carbocycles. The van der Waals surface area contributed by atoms with Gasteiger partial charge in [-0.2, -0.15) is 0 Å². The molecule has 7 heteroatoms. The molecule has 1 aliphatic heterocycles. The van der Waals surface area contributed by atoms with Gasteiger partial charge in [0.05, 0.1) is 18.1 Å². The van der Waals surface area contributed by atoms with Crippen LogP contribution in [0.2, 0.25) is 0 Å². The minimum absolute atomic E-state index is 0.0905. The maximum Gasteiger partial charge on any atom is 0.338 e. The maximum atomic E-state index is 12.6. The second-order valence-corrected chi connectivity index (χ2v) is 6.38. The average Bonchev–Trinajstić information content (AvgIpc) is 3.05. The van der Waals surface area contributed by atoms with Crippen LogP contribution in [0.4, 0.5) is 11.5 Å². The summed E-state index contributed by atoms with van der Waals surface area (Å²) in [7, 11) is 0. The number of carbonyl (C=O) groups is 3. The molecule has 0 aliphatic carbocycles. The molecular weight excluding hydrogens is 346 g/mol. The number of ether oxygens (including phenoxy) is 1. The summed E-state index contributed by atoms with van der Waals surface area (Å²) in [4.78, 5) is 42.3. The van der Waals surface area contributed by atoms with Crippen molar-refractivity contribution in [2.75, 3.05) is 23.4 Å². The van der Waals surface area contributed by atoms with Crippen molar-refractivity contribution in [1.82, 2.24) is 4.98 Å². The van der Waals surface area contributed by atoms with Crippen LogP contribution >= 0.6 is 0 Å². The Labute approximate surface area is 157 Å². The van der Waals surface area contributed by atoms with Gasteiger partial charge < -0.3 is 15.0 Å². The number of aryl methyl sites for hydroxylation is 1. The predicted octanol–water partition coefficient (Wildman–Crippen LogP) is 2.56. The predicted molar refractivity (Wildman–Crippen MR) is 100 cm³/mol. The first-order valence-electron chi connectivity index (χ1n) is 8.79. The van der Waals surface area contributed by atoms with E-state index in [2.05, 4.69) is 10.3 Å². The van der Waals surface area contributed by atoms with E-state index in [-0.39, 0.29) is 30.7 Å². The number of aromatic nitrogens is 1. The summed E-state index contributed by atoms with van der Waals surface area (Å²) in [5.74, 6) is -1.09. The molecule has 1 fully saturated rings. The average molecular weight is 367 g/mol. The molecule has 1 atom stereocenters. The molecule has 27 heavy (non-hydrogen) atoms. The maximum absolute atomic E-state index is 12.6. The summed E-state index contributed by atoms with van der Waals surface area (Å²) in [5, 5.41) is 2.69. The zero-order valence-electron chi connectivity index (χ0n) is 15.3. The Hall–Kier alpha value is -3.22. The Morgan fingerprint density at radius 1 is 1.26 bits per heavy atom. The van der Waals surface area contributed by atoms with Crippen LogP contribution in [0.1, 0.15) is 29.3 Å². The third-order valence-electron chi connectivity index (χ3n) is 4.36. The van der Waals surface area contributed by atoms with Gasteiger partial charge in [0.15, 0.2) is 0 Å². The number of esters is 1. The summed E-state index contributed by atoms with van der Waals surface area (Å²) in [6.07, 6.45) is 1.57. The number of hydrogen-bond acceptors (Lipinski definition) is 5. The van der Waals surface area contributed by atoms with Gasteiger partial charge in [-0.05, 0) is 38.1 Å². The van der Waals surface area contributed by atoms with E-state index in [1.54, 1.807) is 11.8 Å². The van der Waals surface area contributed by atoms with Crippen molar-refractivity contribution in [3.63, 3.8) is 0 Å². The fraction of sp³-hybridized carbons (Fsp3) is 0.300. The van der Waals surface area contributed by atoms with Crippen LogP contribution in [-0.2, 0) is 14.3 Å². The third kappa shape index (κ3) is 4.31. The quantitative estimate of drug-likeness (QED) is 0.821. The molecule has 0 radical (unpaired) electrons. The van der Waals surface area contributed by atoms with Gasteiger partial charge in [-0.25, -0.2) is 9.78 Å². The fourth-order valence-corrected chi connectivity index (χ4v) is 2.93. The Bertz CT molecular complexity index is 864. The molecule has 1 saturated heterocycles. The number of amides is 2. The van der Waals surface area contributed by atoms with Crippen LogP contribution in [-0.4, -0.2) is 35.9 Å². The van der Waals surface area contributed by atoms with E-state index in [1.807, 2.05) is 31.2 Å². The first kappa shape index (κ1) is 18.6. The summed E-state index contributed by atoms with van der Waals surface area (Å²) in [6.45, 7) is 4.27. The van der Waals surface area contributed by atoms with Crippen LogP contribution in [0.15, 0.2) is 42.6 Å². The molecule has 3 rings (SSSR count). The molecule has 1 aromatic carbocycles. The lowest BCUT2D eigenvalue weighted by atomic mass is 10.1. The molecule has 140 valence electrons. The van der Waals surface area contributed by atoms with Crippen LogP contribution in [0.25, 0.3) is 0 Å². The molecule has 2 aromatic rings. The number of rotatable bonds is 5. The molecular formula is C20H21N3O4. The second-order valence-electron chi connectivity index (χ2n) is 6.38. The van der Waals surface area contributed by atoms with Gasteiger partial charge in [-0.15, -0.1) is 0 Å². The summed E-state index contributed by atoms with van der Waals surface area (Å²) >= 11 is 0. The molecule has 2 amide bonds. The van der Waals surface area contributed by atoms with E-state index in [1.165, 1.54) is 18.3 Å². The van der Waals surface area contributed by atoms with E-state index in [4.69, 9.17) is 4.74 Å². The highest BCUT2D eigenvalue weighted by atomic mass is 16.5. The highest BCUT2D eigenvalue weighted by molar-refractivity contribution is 6.03. The molecule has 2 heterocycles. The van der Waals surface area contributed by atoms with Gasteiger partial charge in [0.25, 0.3) is 0 Å². The molecule has 0 bridgehead atoms. The van der Waals surface area contributed by atoms with Crippen molar-refractivity contribution in [2.24, 2.45) is 5.92 Å². The molecule has 1 unspecified atom stereocenters. The standard InChI is InChI=1S/C20H21N3O4/c1-3-27-20(26)14-8-9-21-17(10-14)22-19(25)15-11-18(24)23(12-15)16-6-4-13(2)5-7-16/h4-10,15H,3,11-12H2,1-2H3,(H,21,22,25). The van der Waals surface area contributed by atoms with E-state index in [0.29, 0.717) is 12.1 Å². The zero-order valence-corrected chi connectivity index (χ0v) is 15.3. The lowest BCUT2D eigenvalue weighted by Gasteiger charge is -2.17. The second kappa shape index (κ2) is 7.99. The van der Waals surface area contributed by atoms with E-state index < -0.39 is 11.9 Å².